The van der Waals surface area contributed by atoms with E-state index in [1.165, 1.54) is 0 Å². The van der Waals surface area contributed by atoms with Gasteiger partial charge in [-0.1, -0.05) is 30.3 Å². The highest BCUT2D eigenvalue weighted by Crippen LogP contribution is 2.14. The van der Waals surface area contributed by atoms with E-state index in [0.29, 0.717) is 16.9 Å². The summed E-state index contributed by atoms with van der Waals surface area (Å²) < 4.78 is 26.3. The highest BCUT2D eigenvalue weighted by Gasteiger charge is 2.07. The molecule has 5 heteroatoms. The standard InChI is InChI=1S/C14H12O4S/c15-14(12-4-2-1-3-5-12)18-13-8-6-11(7-9-13)10-19(16)17/h1-9,19H,10H2. The molecule has 0 saturated heterocycles. The molecule has 0 amide bonds. The Kier molecular flexibility index (Phi) is 4.30. The number of rotatable bonds is 4. The molecule has 0 heterocycles. The summed E-state index contributed by atoms with van der Waals surface area (Å²) in [6.45, 7) is 0. The van der Waals surface area contributed by atoms with Crippen LogP contribution in [0, 0.1) is 0 Å². The van der Waals surface area contributed by atoms with Gasteiger partial charge in [-0.05, 0) is 29.8 Å². The Morgan fingerprint density at radius 3 is 2.16 bits per heavy atom. The largest absolute Gasteiger partial charge is 0.423 e. The molecule has 0 fully saturated rings. The molecule has 2 aromatic carbocycles. The quantitative estimate of drug-likeness (QED) is 0.527. The average Bonchev–Trinajstić information content (AvgIpc) is 2.41. The molecule has 0 aromatic heterocycles. The molecule has 0 aliphatic rings. The second kappa shape index (κ2) is 6.15. The Labute approximate surface area is 112 Å². The summed E-state index contributed by atoms with van der Waals surface area (Å²) in [6, 6.07) is 15.1. The van der Waals surface area contributed by atoms with Crippen molar-refractivity contribution in [3.8, 4) is 5.75 Å². The molecule has 0 spiro atoms. The van der Waals surface area contributed by atoms with Crippen molar-refractivity contribution in [1.82, 2.24) is 0 Å². The van der Waals surface area contributed by atoms with Crippen LogP contribution in [0.15, 0.2) is 54.6 Å². The summed E-state index contributed by atoms with van der Waals surface area (Å²) in [4.78, 5) is 11.8. The van der Waals surface area contributed by atoms with Crippen LogP contribution in [0.1, 0.15) is 15.9 Å². The van der Waals surface area contributed by atoms with Gasteiger partial charge in [0.15, 0.2) is 0 Å². The SMILES string of the molecule is O=C(Oc1ccc(C[SH](=O)=O)cc1)c1ccccc1. The molecule has 2 aromatic rings. The molecule has 0 aliphatic heterocycles. The second-order valence-corrected chi connectivity index (χ2v) is 4.87. The number of ether oxygens (including phenoxy) is 1. The summed E-state index contributed by atoms with van der Waals surface area (Å²) in [6.07, 6.45) is 0. The lowest BCUT2D eigenvalue weighted by Crippen LogP contribution is -2.08. The number of thiol groups is 1. The van der Waals surface area contributed by atoms with Crippen molar-refractivity contribution in [1.29, 1.82) is 0 Å². The van der Waals surface area contributed by atoms with E-state index in [0.717, 1.165) is 0 Å². The minimum Gasteiger partial charge on any atom is -0.423 e. The van der Waals surface area contributed by atoms with Crippen LogP contribution in [0.5, 0.6) is 5.75 Å². The third-order valence-electron chi connectivity index (χ3n) is 2.46. The maximum absolute atomic E-state index is 11.8. The molecule has 0 aliphatic carbocycles. The average molecular weight is 276 g/mol. The fourth-order valence-electron chi connectivity index (χ4n) is 1.55. The van der Waals surface area contributed by atoms with Crippen molar-refractivity contribution in [2.45, 2.75) is 5.75 Å². The lowest BCUT2D eigenvalue weighted by atomic mass is 10.2. The van der Waals surface area contributed by atoms with Crippen LogP contribution in [0.3, 0.4) is 0 Å². The van der Waals surface area contributed by atoms with E-state index < -0.39 is 16.7 Å². The van der Waals surface area contributed by atoms with E-state index in [2.05, 4.69) is 0 Å². The molecule has 0 atom stereocenters. The minimum absolute atomic E-state index is 0.0117. The zero-order valence-corrected chi connectivity index (χ0v) is 10.9. The second-order valence-electron chi connectivity index (χ2n) is 3.89. The smallest absolute Gasteiger partial charge is 0.343 e. The number of hydrogen-bond acceptors (Lipinski definition) is 4. The first-order chi connectivity index (χ1) is 9.15. The first kappa shape index (κ1) is 13.3. The predicted octanol–water partition coefficient (Wildman–Crippen LogP) is 2.02. The van der Waals surface area contributed by atoms with Crippen molar-refractivity contribution in [2.75, 3.05) is 0 Å². The molecular formula is C14H12O4S. The van der Waals surface area contributed by atoms with Crippen LogP contribution >= 0.6 is 0 Å². The summed E-state index contributed by atoms with van der Waals surface area (Å²) in [5.74, 6) is -0.0654. The van der Waals surface area contributed by atoms with Gasteiger partial charge in [0, 0.05) is 0 Å². The minimum atomic E-state index is -2.45. The zero-order valence-electron chi connectivity index (χ0n) is 9.98. The Balaban J connectivity index is 2.06. The molecule has 19 heavy (non-hydrogen) atoms. The molecular weight excluding hydrogens is 264 g/mol. The first-order valence-corrected chi connectivity index (χ1v) is 6.99. The maximum atomic E-state index is 11.8. The van der Waals surface area contributed by atoms with Gasteiger partial charge in [0.05, 0.1) is 11.3 Å². The van der Waals surface area contributed by atoms with Gasteiger partial charge < -0.3 is 4.74 Å². The summed E-state index contributed by atoms with van der Waals surface area (Å²) >= 11 is 0. The van der Waals surface area contributed by atoms with Crippen LogP contribution < -0.4 is 4.74 Å². The zero-order chi connectivity index (χ0) is 13.7. The van der Waals surface area contributed by atoms with E-state index in [1.54, 1.807) is 48.5 Å². The number of esters is 1. The lowest BCUT2D eigenvalue weighted by molar-refractivity contribution is 0.0734. The van der Waals surface area contributed by atoms with Crippen LogP contribution in [-0.2, 0) is 16.5 Å². The van der Waals surface area contributed by atoms with E-state index in [-0.39, 0.29) is 5.75 Å². The Bertz CT molecular complexity index is 622. The summed E-state index contributed by atoms with van der Waals surface area (Å²) in [5, 5.41) is 0. The van der Waals surface area contributed by atoms with Crippen molar-refractivity contribution >= 4 is 16.7 Å². The molecule has 4 nitrogen and oxygen atoms in total. The van der Waals surface area contributed by atoms with Crippen molar-refractivity contribution in [2.24, 2.45) is 0 Å². The number of benzene rings is 2. The third-order valence-corrected chi connectivity index (χ3v) is 3.08. The van der Waals surface area contributed by atoms with Gasteiger partial charge in [0.1, 0.15) is 16.5 Å². The molecule has 0 radical (unpaired) electrons. The molecule has 0 saturated carbocycles. The van der Waals surface area contributed by atoms with Gasteiger partial charge >= 0.3 is 5.97 Å². The Morgan fingerprint density at radius 2 is 1.58 bits per heavy atom. The molecule has 0 N–H and O–H groups in total. The lowest BCUT2D eigenvalue weighted by Gasteiger charge is -2.04. The van der Waals surface area contributed by atoms with Crippen LogP contribution in [0.4, 0.5) is 0 Å². The molecule has 0 unspecified atom stereocenters. The third kappa shape index (κ3) is 3.93. The Hall–Kier alpha value is -2.14. The van der Waals surface area contributed by atoms with Crippen molar-refractivity contribution in [3.63, 3.8) is 0 Å². The highest BCUT2D eigenvalue weighted by molar-refractivity contribution is 7.71. The highest BCUT2D eigenvalue weighted by atomic mass is 32.2. The molecule has 2 rings (SSSR count). The normalized spacial score (nSPS) is 10.4. The van der Waals surface area contributed by atoms with Gasteiger partial charge in [-0.15, -0.1) is 0 Å². The van der Waals surface area contributed by atoms with Gasteiger partial charge in [-0.3, -0.25) is 0 Å². The van der Waals surface area contributed by atoms with E-state index in [9.17, 15) is 13.2 Å². The van der Waals surface area contributed by atoms with Crippen molar-refractivity contribution < 1.29 is 17.9 Å². The summed E-state index contributed by atoms with van der Waals surface area (Å²) in [5.41, 5.74) is 1.13. The van der Waals surface area contributed by atoms with Gasteiger partial charge in [-0.25, -0.2) is 13.2 Å². The van der Waals surface area contributed by atoms with Crippen LogP contribution in [-0.4, -0.2) is 14.4 Å². The topological polar surface area (TPSA) is 60.4 Å². The van der Waals surface area contributed by atoms with E-state index in [1.807, 2.05) is 6.07 Å². The summed E-state index contributed by atoms with van der Waals surface area (Å²) in [7, 11) is -2.45. The monoisotopic (exact) mass is 276 g/mol. The number of carbonyl (C=O) groups is 1. The number of hydrogen-bond donors (Lipinski definition) is 1. The van der Waals surface area contributed by atoms with E-state index >= 15 is 0 Å². The Morgan fingerprint density at radius 1 is 0.947 bits per heavy atom. The van der Waals surface area contributed by atoms with Crippen LogP contribution in [0.25, 0.3) is 0 Å². The fraction of sp³-hybridized carbons (Fsp3) is 0.0714. The number of carbonyl (C=O) groups excluding carboxylic acids is 1. The van der Waals surface area contributed by atoms with Gasteiger partial charge in [0.2, 0.25) is 0 Å². The predicted molar refractivity (Wildman–Crippen MR) is 71.9 cm³/mol. The molecule has 98 valence electrons. The van der Waals surface area contributed by atoms with Crippen LogP contribution in [0.2, 0.25) is 0 Å². The maximum Gasteiger partial charge on any atom is 0.343 e. The van der Waals surface area contributed by atoms with Gasteiger partial charge in [-0.2, -0.15) is 0 Å². The first-order valence-electron chi connectivity index (χ1n) is 5.63. The molecule has 0 bridgehead atoms. The van der Waals surface area contributed by atoms with Crippen molar-refractivity contribution in [3.05, 3.63) is 65.7 Å². The van der Waals surface area contributed by atoms with Gasteiger partial charge in [0.25, 0.3) is 0 Å². The van der Waals surface area contributed by atoms with E-state index in [4.69, 9.17) is 4.74 Å². The fourth-order valence-corrected chi connectivity index (χ4v) is 2.06.